The van der Waals surface area contributed by atoms with Crippen molar-refractivity contribution in [2.75, 3.05) is 10.6 Å². The highest BCUT2D eigenvalue weighted by Gasteiger charge is 2.13. The van der Waals surface area contributed by atoms with Crippen molar-refractivity contribution in [3.63, 3.8) is 0 Å². The van der Waals surface area contributed by atoms with Gasteiger partial charge in [-0.1, -0.05) is 17.4 Å². The summed E-state index contributed by atoms with van der Waals surface area (Å²) in [6.45, 7) is 1.84. The lowest BCUT2D eigenvalue weighted by atomic mass is 10.1. The molecule has 23 heavy (non-hydrogen) atoms. The fourth-order valence-electron chi connectivity index (χ4n) is 1.89. The third-order valence-corrected chi connectivity index (χ3v) is 3.68. The van der Waals surface area contributed by atoms with Crippen LogP contribution >= 0.6 is 11.3 Å². The van der Waals surface area contributed by atoms with Gasteiger partial charge in [-0.25, -0.2) is 0 Å². The molecule has 0 aliphatic carbocycles. The van der Waals surface area contributed by atoms with Crippen LogP contribution in [0.2, 0.25) is 0 Å². The van der Waals surface area contributed by atoms with Crippen LogP contribution in [-0.2, 0) is 0 Å². The molecule has 7 nitrogen and oxygen atoms in total. The number of hydrogen-bond acceptors (Lipinski definition) is 6. The second-order valence-corrected chi connectivity index (χ2v) is 5.49. The van der Waals surface area contributed by atoms with E-state index in [1.165, 1.54) is 23.1 Å². The first kappa shape index (κ1) is 14.9. The van der Waals surface area contributed by atoms with E-state index in [9.17, 15) is 9.59 Å². The fourth-order valence-corrected chi connectivity index (χ4v) is 2.33. The highest BCUT2D eigenvalue weighted by atomic mass is 32.1. The Morgan fingerprint density at radius 2 is 2.04 bits per heavy atom. The molecule has 0 bridgehead atoms. The summed E-state index contributed by atoms with van der Waals surface area (Å²) < 4.78 is 5.05. The Morgan fingerprint density at radius 3 is 2.74 bits per heavy atom. The van der Waals surface area contributed by atoms with E-state index >= 15 is 0 Å². The molecule has 0 atom stereocenters. The van der Waals surface area contributed by atoms with Crippen LogP contribution in [0.15, 0.2) is 46.5 Å². The maximum absolute atomic E-state index is 12.2. The lowest BCUT2D eigenvalue weighted by Gasteiger charge is -2.09. The number of benzene rings is 1. The van der Waals surface area contributed by atoms with Gasteiger partial charge in [0.25, 0.3) is 11.8 Å². The zero-order valence-electron chi connectivity index (χ0n) is 12.1. The lowest BCUT2D eigenvalue weighted by Crippen LogP contribution is -2.15. The molecule has 0 saturated carbocycles. The van der Waals surface area contributed by atoms with E-state index in [4.69, 9.17) is 4.42 Å². The molecule has 8 heteroatoms. The molecule has 3 rings (SSSR count). The van der Waals surface area contributed by atoms with Gasteiger partial charge in [-0.05, 0) is 36.8 Å². The topological polar surface area (TPSA) is 97.1 Å². The van der Waals surface area contributed by atoms with Crippen LogP contribution in [0.1, 0.15) is 26.5 Å². The highest BCUT2D eigenvalue weighted by molar-refractivity contribution is 7.13. The van der Waals surface area contributed by atoms with E-state index in [0.717, 1.165) is 5.56 Å². The van der Waals surface area contributed by atoms with Crippen LogP contribution < -0.4 is 10.6 Å². The standard InChI is InChI=1S/C15H12N4O3S/c1-9-4-5-10(13(20)18-15-19-16-8-23-15)7-11(9)17-14(21)12-3-2-6-22-12/h2-8H,1H3,(H,17,21)(H,18,19,20). The van der Waals surface area contributed by atoms with Gasteiger partial charge in [-0.2, -0.15) is 0 Å². The Balaban J connectivity index is 1.78. The van der Waals surface area contributed by atoms with Crippen LogP contribution in [0.25, 0.3) is 0 Å². The third-order valence-electron chi connectivity index (χ3n) is 3.07. The van der Waals surface area contributed by atoms with E-state index in [1.807, 2.05) is 6.92 Å². The van der Waals surface area contributed by atoms with Gasteiger partial charge in [0.1, 0.15) is 5.51 Å². The van der Waals surface area contributed by atoms with E-state index in [1.54, 1.807) is 30.3 Å². The van der Waals surface area contributed by atoms with Gasteiger partial charge in [-0.3, -0.25) is 14.9 Å². The summed E-state index contributed by atoms with van der Waals surface area (Å²) in [6, 6.07) is 8.23. The fraction of sp³-hybridized carbons (Fsp3) is 0.0667. The third kappa shape index (κ3) is 3.43. The Kier molecular flexibility index (Phi) is 4.15. The van der Waals surface area contributed by atoms with Crippen molar-refractivity contribution in [1.29, 1.82) is 0 Å². The molecule has 0 fully saturated rings. The number of anilines is 2. The molecule has 0 aliphatic heterocycles. The largest absolute Gasteiger partial charge is 0.459 e. The molecule has 0 aliphatic rings. The monoisotopic (exact) mass is 328 g/mol. The SMILES string of the molecule is Cc1ccc(C(=O)Nc2nncs2)cc1NC(=O)c1ccco1. The van der Waals surface area contributed by atoms with E-state index in [-0.39, 0.29) is 17.6 Å². The maximum Gasteiger partial charge on any atom is 0.291 e. The van der Waals surface area contributed by atoms with Gasteiger partial charge in [0.2, 0.25) is 5.13 Å². The average Bonchev–Trinajstić information content (AvgIpc) is 3.22. The Morgan fingerprint density at radius 1 is 1.17 bits per heavy atom. The molecule has 0 unspecified atom stereocenters. The first-order valence-corrected chi connectivity index (χ1v) is 7.54. The Hall–Kier alpha value is -3.00. The molecule has 116 valence electrons. The van der Waals surface area contributed by atoms with Crippen molar-refractivity contribution in [2.45, 2.75) is 6.92 Å². The molecule has 2 amide bonds. The molecule has 2 heterocycles. The minimum Gasteiger partial charge on any atom is -0.459 e. The predicted octanol–water partition coefficient (Wildman–Crippen LogP) is 2.94. The molecule has 0 saturated heterocycles. The molecular formula is C15H12N4O3S. The maximum atomic E-state index is 12.2. The van der Waals surface area contributed by atoms with E-state index in [2.05, 4.69) is 20.8 Å². The van der Waals surface area contributed by atoms with Gasteiger partial charge in [0, 0.05) is 11.3 Å². The number of hydrogen-bond donors (Lipinski definition) is 2. The molecule has 2 aromatic heterocycles. The molecule has 0 spiro atoms. The highest BCUT2D eigenvalue weighted by Crippen LogP contribution is 2.19. The van der Waals surface area contributed by atoms with Crippen molar-refractivity contribution in [1.82, 2.24) is 10.2 Å². The van der Waals surface area contributed by atoms with Crippen LogP contribution in [0, 0.1) is 6.92 Å². The minimum absolute atomic E-state index is 0.202. The molecule has 3 aromatic rings. The van der Waals surface area contributed by atoms with Gasteiger partial charge in [0.15, 0.2) is 5.76 Å². The zero-order chi connectivity index (χ0) is 16.2. The molecule has 1 aromatic carbocycles. The quantitative estimate of drug-likeness (QED) is 0.767. The van der Waals surface area contributed by atoms with Crippen LogP contribution in [0.4, 0.5) is 10.8 Å². The summed E-state index contributed by atoms with van der Waals surface area (Å²) >= 11 is 1.23. The van der Waals surface area contributed by atoms with Gasteiger partial charge in [-0.15, -0.1) is 10.2 Å². The van der Waals surface area contributed by atoms with Crippen LogP contribution in [-0.4, -0.2) is 22.0 Å². The number of nitrogens with one attached hydrogen (secondary N) is 2. The minimum atomic E-state index is -0.375. The summed E-state index contributed by atoms with van der Waals surface area (Å²) in [4.78, 5) is 24.2. The number of aromatic nitrogens is 2. The summed E-state index contributed by atoms with van der Waals surface area (Å²) in [7, 11) is 0. The predicted molar refractivity (Wildman–Crippen MR) is 85.7 cm³/mol. The smallest absolute Gasteiger partial charge is 0.291 e. The number of rotatable bonds is 4. The number of aryl methyl sites for hydroxylation is 1. The van der Waals surface area contributed by atoms with Gasteiger partial charge < -0.3 is 9.73 Å². The van der Waals surface area contributed by atoms with Crippen LogP contribution in [0.5, 0.6) is 0 Å². The summed E-state index contributed by atoms with van der Waals surface area (Å²) in [5, 5.41) is 13.2. The van der Waals surface area contributed by atoms with Crippen molar-refractivity contribution < 1.29 is 14.0 Å². The molecule has 0 radical (unpaired) electrons. The molecular weight excluding hydrogens is 316 g/mol. The van der Waals surface area contributed by atoms with Gasteiger partial charge >= 0.3 is 0 Å². The Labute approximate surface area is 135 Å². The average molecular weight is 328 g/mol. The van der Waals surface area contributed by atoms with Crippen LogP contribution in [0.3, 0.4) is 0 Å². The number of nitrogens with zero attached hydrogens (tertiary/aromatic N) is 2. The zero-order valence-corrected chi connectivity index (χ0v) is 12.9. The van der Waals surface area contributed by atoms with Crippen molar-refractivity contribution >= 4 is 34.0 Å². The number of carbonyl (C=O) groups excluding carboxylic acids is 2. The van der Waals surface area contributed by atoms with E-state index < -0.39 is 0 Å². The Bertz CT molecular complexity index is 829. The number of carbonyl (C=O) groups is 2. The summed E-state index contributed by atoms with van der Waals surface area (Å²) in [6.07, 6.45) is 1.42. The van der Waals surface area contributed by atoms with E-state index in [0.29, 0.717) is 16.4 Å². The van der Waals surface area contributed by atoms with Gasteiger partial charge in [0.05, 0.1) is 6.26 Å². The second kappa shape index (κ2) is 6.41. The first-order chi connectivity index (χ1) is 11.1. The first-order valence-electron chi connectivity index (χ1n) is 6.66. The normalized spacial score (nSPS) is 10.3. The lowest BCUT2D eigenvalue weighted by molar-refractivity contribution is 0.0993. The van der Waals surface area contributed by atoms with Crippen molar-refractivity contribution in [3.8, 4) is 0 Å². The summed E-state index contributed by atoms with van der Waals surface area (Å²) in [5.41, 5.74) is 3.30. The molecule has 2 N–H and O–H groups in total. The van der Waals surface area contributed by atoms with Crippen molar-refractivity contribution in [3.05, 3.63) is 59.0 Å². The summed E-state index contributed by atoms with van der Waals surface area (Å²) in [5.74, 6) is -0.497. The number of furan rings is 1. The number of amides is 2. The second-order valence-electron chi connectivity index (χ2n) is 4.66. The van der Waals surface area contributed by atoms with Crippen molar-refractivity contribution in [2.24, 2.45) is 0 Å².